The van der Waals surface area contributed by atoms with Crippen molar-refractivity contribution in [2.24, 2.45) is 5.73 Å². The van der Waals surface area contributed by atoms with E-state index >= 15 is 0 Å². The molecular formula is C9H19N3O. The highest BCUT2D eigenvalue weighted by Crippen LogP contribution is 2.02. The number of allylic oxidation sites excluding steroid dienone is 1. The molecule has 1 atom stereocenters. The van der Waals surface area contributed by atoms with E-state index in [2.05, 4.69) is 10.6 Å². The van der Waals surface area contributed by atoms with Gasteiger partial charge in [0.25, 0.3) is 0 Å². The van der Waals surface area contributed by atoms with Gasteiger partial charge in [0.05, 0.1) is 13.3 Å². The molecule has 1 rings (SSSR count). The molecule has 13 heavy (non-hydrogen) atoms. The topological polar surface area (TPSA) is 59.3 Å². The van der Waals surface area contributed by atoms with Crippen molar-refractivity contribution in [1.82, 2.24) is 10.6 Å². The van der Waals surface area contributed by atoms with Crippen LogP contribution in [0.5, 0.6) is 0 Å². The highest BCUT2D eigenvalue weighted by molar-refractivity contribution is 5.02. The Labute approximate surface area is 79.5 Å². The molecule has 4 nitrogen and oxygen atoms in total. The molecule has 0 saturated carbocycles. The maximum absolute atomic E-state index is 5.54. The van der Waals surface area contributed by atoms with Crippen LogP contribution in [0.15, 0.2) is 11.9 Å². The summed E-state index contributed by atoms with van der Waals surface area (Å²) in [6.07, 6.45) is 4.12. The van der Waals surface area contributed by atoms with Crippen molar-refractivity contribution >= 4 is 0 Å². The molecule has 0 amide bonds. The Morgan fingerprint density at radius 1 is 1.69 bits per heavy atom. The standard InChI is InChI=1S/C9H19N3O/c1-8(10)6-13-4-2-3-9-5-11-7-12-9/h5,8,11-12H,2-4,6-7,10H2,1H3. The first-order chi connectivity index (χ1) is 6.29. The molecule has 0 radical (unpaired) electrons. The van der Waals surface area contributed by atoms with Crippen LogP contribution in [0.2, 0.25) is 0 Å². The fourth-order valence-corrected chi connectivity index (χ4v) is 1.18. The Morgan fingerprint density at radius 2 is 2.54 bits per heavy atom. The minimum atomic E-state index is 0.144. The van der Waals surface area contributed by atoms with Crippen LogP contribution in [0, 0.1) is 0 Å². The molecular weight excluding hydrogens is 166 g/mol. The van der Waals surface area contributed by atoms with Crippen molar-refractivity contribution in [3.8, 4) is 0 Å². The lowest BCUT2D eigenvalue weighted by atomic mass is 10.2. The van der Waals surface area contributed by atoms with Gasteiger partial charge in [-0.3, -0.25) is 0 Å². The minimum Gasteiger partial charge on any atom is -0.380 e. The Hall–Kier alpha value is -0.740. The Bertz CT molecular complexity index is 168. The largest absolute Gasteiger partial charge is 0.380 e. The quantitative estimate of drug-likeness (QED) is 0.514. The monoisotopic (exact) mass is 185 g/mol. The smallest absolute Gasteiger partial charge is 0.0843 e. The zero-order chi connectivity index (χ0) is 9.52. The lowest BCUT2D eigenvalue weighted by Gasteiger charge is -2.07. The fraction of sp³-hybridized carbons (Fsp3) is 0.778. The first kappa shape index (κ1) is 10.3. The lowest BCUT2D eigenvalue weighted by molar-refractivity contribution is 0.122. The summed E-state index contributed by atoms with van der Waals surface area (Å²) in [5.41, 5.74) is 6.81. The van der Waals surface area contributed by atoms with Gasteiger partial charge in [0.1, 0.15) is 0 Å². The molecule has 0 aromatic carbocycles. The number of nitrogens with two attached hydrogens (primary N) is 1. The van der Waals surface area contributed by atoms with Crippen molar-refractivity contribution in [3.05, 3.63) is 11.9 Å². The molecule has 0 spiro atoms. The molecule has 1 aliphatic rings. The SMILES string of the molecule is CC(N)COCCCC1=CNCN1. The predicted molar refractivity (Wildman–Crippen MR) is 52.9 cm³/mol. The summed E-state index contributed by atoms with van der Waals surface area (Å²) in [5.74, 6) is 0. The molecule has 1 unspecified atom stereocenters. The second kappa shape index (κ2) is 5.83. The maximum atomic E-state index is 5.54. The summed E-state index contributed by atoms with van der Waals surface area (Å²) in [7, 11) is 0. The summed E-state index contributed by atoms with van der Waals surface area (Å²) in [6.45, 7) is 4.26. The number of hydrogen-bond acceptors (Lipinski definition) is 4. The van der Waals surface area contributed by atoms with Gasteiger partial charge in [0, 0.05) is 24.5 Å². The fourth-order valence-electron chi connectivity index (χ4n) is 1.18. The summed E-state index contributed by atoms with van der Waals surface area (Å²) in [6, 6.07) is 0.144. The van der Waals surface area contributed by atoms with E-state index in [9.17, 15) is 0 Å². The summed E-state index contributed by atoms with van der Waals surface area (Å²) < 4.78 is 5.35. The van der Waals surface area contributed by atoms with Crippen molar-refractivity contribution < 1.29 is 4.74 Å². The molecule has 76 valence electrons. The molecule has 1 heterocycles. The molecule has 1 aliphatic heterocycles. The van der Waals surface area contributed by atoms with Crippen molar-refractivity contribution in [1.29, 1.82) is 0 Å². The van der Waals surface area contributed by atoms with Crippen LogP contribution in [0.25, 0.3) is 0 Å². The van der Waals surface area contributed by atoms with Gasteiger partial charge in [-0.05, 0) is 19.8 Å². The zero-order valence-corrected chi connectivity index (χ0v) is 8.18. The van der Waals surface area contributed by atoms with Gasteiger partial charge in [-0.15, -0.1) is 0 Å². The second-order valence-electron chi connectivity index (χ2n) is 3.38. The first-order valence-corrected chi connectivity index (χ1v) is 4.78. The van der Waals surface area contributed by atoms with Crippen LogP contribution in [0.3, 0.4) is 0 Å². The van der Waals surface area contributed by atoms with Gasteiger partial charge in [-0.1, -0.05) is 0 Å². The van der Waals surface area contributed by atoms with E-state index in [-0.39, 0.29) is 6.04 Å². The van der Waals surface area contributed by atoms with Crippen LogP contribution in [0.1, 0.15) is 19.8 Å². The van der Waals surface area contributed by atoms with Gasteiger partial charge < -0.3 is 21.1 Å². The predicted octanol–water partition coefficient (Wildman–Crippen LogP) is 0.122. The van der Waals surface area contributed by atoms with Gasteiger partial charge >= 0.3 is 0 Å². The Morgan fingerprint density at radius 3 is 3.15 bits per heavy atom. The van der Waals surface area contributed by atoms with Gasteiger partial charge in [0.2, 0.25) is 0 Å². The molecule has 4 N–H and O–H groups in total. The van der Waals surface area contributed by atoms with Gasteiger partial charge in [0.15, 0.2) is 0 Å². The van der Waals surface area contributed by atoms with E-state index in [1.807, 2.05) is 13.1 Å². The van der Waals surface area contributed by atoms with Crippen molar-refractivity contribution in [3.63, 3.8) is 0 Å². The molecule has 0 fully saturated rings. The van der Waals surface area contributed by atoms with E-state index in [1.54, 1.807) is 0 Å². The third-order valence-corrected chi connectivity index (χ3v) is 1.81. The van der Waals surface area contributed by atoms with Crippen LogP contribution < -0.4 is 16.4 Å². The second-order valence-corrected chi connectivity index (χ2v) is 3.38. The normalized spacial score (nSPS) is 17.5. The number of hydrogen-bond donors (Lipinski definition) is 3. The molecule has 0 aromatic heterocycles. The van der Waals surface area contributed by atoms with Crippen LogP contribution in [-0.4, -0.2) is 25.9 Å². The van der Waals surface area contributed by atoms with E-state index in [0.717, 1.165) is 26.1 Å². The highest BCUT2D eigenvalue weighted by atomic mass is 16.5. The molecule has 0 bridgehead atoms. The number of nitrogens with one attached hydrogen (secondary N) is 2. The third-order valence-electron chi connectivity index (χ3n) is 1.81. The van der Waals surface area contributed by atoms with E-state index in [4.69, 9.17) is 10.5 Å². The molecule has 0 aliphatic carbocycles. The number of rotatable bonds is 6. The third kappa shape index (κ3) is 4.75. The van der Waals surface area contributed by atoms with Gasteiger partial charge in [-0.25, -0.2) is 0 Å². The molecule has 0 aromatic rings. The van der Waals surface area contributed by atoms with Gasteiger partial charge in [-0.2, -0.15) is 0 Å². The molecule has 0 saturated heterocycles. The lowest BCUT2D eigenvalue weighted by Crippen LogP contribution is -2.22. The maximum Gasteiger partial charge on any atom is 0.0843 e. The Balaban J connectivity index is 1.89. The van der Waals surface area contributed by atoms with E-state index in [1.165, 1.54) is 5.70 Å². The molecule has 4 heteroatoms. The van der Waals surface area contributed by atoms with Crippen molar-refractivity contribution in [2.45, 2.75) is 25.8 Å². The summed E-state index contributed by atoms with van der Waals surface area (Å²) in [4.78, 5) is 0. The van der Waals surface area contributed by atoms with Crippen LogP contribution in [-0.2, 0) is 4.74 Å². The highest BCUT2D eigenvalue weighted by Gasteiger charge is 2.01. The average Bonchev–Trinajstić information content (AvgIpc) is 2.55. The van der Waals surface area contributed by atoms with E-state index in [0.29, 0.717) is 6.61 Å². The van der Waals surface area contributed by atoms with E-state index < -0.39 is 0 Å². The summed E-state index contributed by atoms with van der Waals surface area (Å²) in [5, 5.41) is 6.32. The van der Waals surface area contributed by atoms with Crippen LogP contribution >= 0.6 is 0 Å². The average molecular weight is 185 g/mol. The Kier molecular flexibility index (Phi) is 4.64. The number of ether oxygens (including phenoxy) is 1. The minimum absolute atomic E-state index is 0.144. The van der Waals surface area contributed by atoms with Crippen molar-refractivity contribution in [2.75, 3.05) is 19.9 Å². The first-order valence-electron chi connectivity index (χ1n) is 4.78. The zero-order valence-electron chi connectivity index (χ0n) is 8.18. The van der Waals surface area contributed by atoms with Crippen LogP contribution in [0.4, 0.5) is 0 Å². The summed E-state index contributed by atoms with van der Waals surface area (Å²) >= 11 is 0.